The quantitative estimate of drug-likeness (QED) is 0.487. The average Bonchev–Trinajstić information content (AvgIpc) is 2.88. The summed E-state index contributed by atoms with van der Waals surface area (Å²) < 4.78 is 0. The van der Waals surface area contributed by atoms with Crippen LogP contribution in [0, 0.1) is 10.1 Å². The molecule has 0 radical (unpaired) electrons. The van der Waals surface area contributed by atoms with Gasteiger partial charge in [-0.1, -0.05) is 60.7 Å². The van der Waals surface area contributed by atoms with Crippen LogP contribution >= 0.6 is 0 Å². The van der Waals surface area contributed by atoms with Crippen molar-refractivity contribution in [3.63, 3.8) is 0 Å². The lowest BCUT2D eigenvalue weighted by molar-refractivity contribution is -0.572. The minimum absolute atomic E-state index is 0.0654. The topological polar surface area (TPSA) is 46.4 Å². The second-order valence-corrected chi connectivity index (χ2v) is 6.21. The van der Waals surface area contributed by atoms with E-state index >= 15 is 0 Å². The Kier molecular flexibility index (Phi) is 3.18. The van der Waals surface area contributed by atoms with Gasteiger partial charge in [0.05, 0.1) is 5.92 Å². The summed E-state index contributed by atoms with van der Waals surface area (Å²) in [5.74, 6) is -0.175. The molecular formula is C19H18N2O2. The number of nitrogens with zero attached hydrogens (tertiary/aromatic N) is 2. The van der Waals surface area contributed by atoms with Gasteiger partial charge in [-0.05, 0) is 23.6 Å². The van der Waals surface area contributed by atoms with Crippen molar-refractivity contribution in [1.29, 1.82) is 0 Å². The van der Waals surface area contributed by atoms with Crippen molar-refractivity contribution in [1.82, 2.24) is 0 Å². The van der Waals surface area contributed by atoms with E-state index in [-0.39, 0.29) is 10.8 Å². The van der Waals surface area contributed by atoms with Crippen LogP contribution in [0.2, 0.25) is 0 Å². The number of anilines is 1. The number of allylic oxidation sites excluding steroid dienone is 1. The summed E-state index contributed by atoms with van der Waals surface area (Å²) >= 11 is 0. The number of nitro groups is 1. The molecule has 2 aliphatic rings. The van der Waals surface area contributed by atoms with Gasteiger partial charge in [-0.3, -0.25) is 10.1 Å². The third kappa shape index (κ3) is 1.98. The van der Waals surface area contributed by atoms with Crippen LogP contribution in [0.1, 0.15) is 29.9 Å². The van der Waals surface area contributed by atoms with Gasteiger partial charge in [-0.15, -0.1) is 0 Å². The summed E-state index contributed by atoms with van der Waals surface area (Å²) in [6.45, 7) is 0.559. The summed E-state index contributed by atoms with van der Waals surface area (Å²) in [6.07, 6.45) is 5.39. The van der Waals surface area contributed by atoms with Crippen molar-refractivity contribution in [2.75, 3.05) is 4.90 Å². The Balaban J connectivity index is 1.87. The molecule has 2 aromatic rings. The highest BCUT2D eigenvalue weighted by Gasteiger charge is 2.60. The highest BCUT2D eigenvalue weighted by Crippen LogP contribution is 2.53. The van der Waals surface area contributed by atoms with Crippen molar-refractivity contribution in [3.05, 3.63) is 88.0 Å². The number of fused-ring (bicyclic) bond motifs is 3. The molecule has 0 amide bonds. The Morgan fingerprint density at radius 1 is 1.13 bits per heavy atom. The first-order valence-electron chi connectivity index (χ1n) is 7.95. The van der Waals surface area contributed by atoms with E-state index in [0.29, 0.717) is 13.0 Å². The number of hydrogen-bond acceptors (Lipinski definition) is 3. The van der Waals surface area contributed by atoms with Crippen LogP contribution in [-0.4, -0.2) is 10.6 Å². The molecule has 1 aliphatic carbocycles. The second kappa shape index (κ2) is 5.23. The zero-order valence-electron chi connectivity index (χ0n) is 12.8. The second-order valence-electron chi connectivity index (χ2n) is 6.21. The maximum atomic E-state index is 12.2. The molecule has 0 fully saturated rings. The van der Waals surface area contributed by atoms with Crippen LogP contribution in [0.25, 0.3) is 0 Å². The van der Waals surface area contributed by atoms with Gasteiger partial charge < -0.3 is 4.90 Å². The molecule has 0 N–H and O–H groups in total. The first-order chi connectivity index (χ1) is 11.2. The standard InChI is InChI=1S/C19H18N2O2/c22-21(23)19-13-7-6-11-17(19)16-10-4-5-12-18(16)20(19)14-15-8-2-1-3-9-15/h1-6,8-12,17H,7,13-14H2. The fraction of sp³-hybridized carbons (Fsp3) is 0.263. The summed E-state index contributed by atoms with van der Waals surface area (Å²) in [7, 11) is 0. The zero-order chi connectivity index (χ0) is 15.9. The normalized spacial score (nSPS) is 25.0. The Morgan fingerprint density at radius 3 is 2.65 bits per heavy atom. The lowest BCUT2D eigenvalue weighted by Gasteiger charge is -2.36. The van der Waals surface area contributed by atoms with Crippen molar-refractivity contribution in [2.45, 2.75) is 31.0 Å². The first kappa shape index (κ1) is 14.0. The molecule has 0 spiro atoms. The summed E-state index contributed by atoms with van der Waals surface area (Å²) in [6, 6.07) is 18.0. The molecular weight excluding hydrogens is 288 g/mol. The molecule has 23 heavy (non-hydrogen) atoms. The van der Waals surface area contributed by atoms with E-state index in [2.05, 4.69) is 6.08 Å². The van der Waals surface area contributed by atoms with Gasteiger partial charge in [0.25, 0.3) is 0 Å². The molecule has 0 saturated carbocycles. The molecule has 116 valence electrons. The molecule has 4 nitrogen and oxygen atoms in total. The summed E-state index contributed by atoms with van der Waals surface area (Å²) in [5.41, 5.74) is 2.09. The number of para-hydroxylation sites is 1. The highest BCUT2D eigenvalue weighted by atomic mass is 16.6. The van der Waals surface area contributed by atoms with E-state index in [9.17, 15) is 10.1 Å². The van der Waals surface area contributed by atoms with Gasteiger partial charge in [0.2, 0.25) is 0 Å². The zero-order valence-corrected chi connectivity index (χ0v) is 12.8. The molecule has 4 rings (SSSR count). The van der Waals surface area contributed by atoms with E-state index in [1.165, 1.54) is 0 Å². The van der Waals surface area contributed by atoms with Crippen LogP contribution in [-0.2, 0) is 6.54 Å². The van der Waals surface area contributed by atoms with Crippen LogP contribution in [0.15, 0.2) is 66.7 Å². The Hall–Kier alpha value is -2.62. The van der Waals surface area contributed by atoms with Crippen LogP contribution in [0.4, 0.5) is 5.69 Å². The van der Waals surface area contributed by atoms with Crippen molar-refractivity contribution in [3.8, 4) is 0 Å². The third-order valence-electron chi connectivity index (χ3n) is 5.04. The maximum absolute atomic E-state index is 12.2. The Bertz CT molecular complexity index is 772. The van der Waals surface area contributed by atoms with Crippen molar-refractivity contribution < 1.29 is 4.92 Å². The number of rotatable bonds is 3. The summed E-state index contributed by atoms with van der Waals surface area (Å²) in [4.78, 5) is 14.1. The summed E-state index contributed by atoms with van der Waals surface area (Å²) in [5, 5.41) is 12.2. The fourth-order valence-electron chi connectivity index (χ4n) is 3.99. The number of hydrogen-bond donors (Lipinski definition) is 0. The minimum atomic E-state index is -1.06. The van der Waals surface area contributed by atoms with Gasteiger partial charge in [-0.2, -0.15) is 0 Å². The molecule has 4 heteroatoms. The molecule has 0 aromatic heterocycles. The first-order valence-corrected chi connectivity index (χ1v) is 7.95. The van der Waals surface area contributed by atoms with E-state index in [1.807, 2.05) is 65.6 Å². The monoisotopic (exact) mass is 306 g/mol. The molecule has 0 saturated heterocycles. The largest absolute Gasteiger partial charge is 0.307 e. The molecule has 2 aromatic carbocycles. The van der Waals surface area contributed by atoms with Crippen molar-refractivity contribution in [2.24, 2.45) is 0 Å². The molecule has 0 bridgehead atoms. The number of benzene rings is 2. The maximum Gasteiger partial charge on any atom is 0.307 e. The van der Waals surface area contributed by atoms with E-state index in [4.69, 9.17) is 0 Å². The van der Waals surface area contributed by atoms with Crippen LogP contribution in [0.3, 0.4) is 0 Å². The van der Waals surface area contributed by atoms with Crippen LogP contribution in [0.5, 0.6) is 0 Å². The van der Waals surface area contributed by atoms with E-state index < -0.39 is 5.66 Å². The van der Waals surface area contributed by atoms with Gasteiger partial charge in [0.15, 0.2) is 0 Å². The van der Waals surface area contributed by atoms with Gasteiger partial charge in [0, 0.05) is 23.6 Å². The molecule has 2 unspecified atom stereocenters. The predicted octanol–water partition coefficient (Wildman–Crippen LogP) is 4.11. The van der Waals surface area contributed by atoms with E-state index in [1.54, 1.807) is 0 Å². The highest BCUT2D eigenvalue weighted by molar-refractivity contribution is 5.65. The molecule has 1 aliphatic heterocycles. The lowest BCUT2D eigenvalue weighted by Crippen LogP contribution is -2.55. The Morgan fingerprint density at radius 2 is 1.87 bits per heavy atom. The van der Waals surface area contributed by atoms with Crippen LogP contribution < -0.4 is 4.90 Å². The predicted molar refractivity (Wildman–Crippen MR) is 89.9 cm³/mol. The van der Waals surface area contributed by atoms with Crippen molar-refractivity contribution >= 4 is 5.69 Å². The smallest absolute Gasteiger partial charge is 0.302 e. The van der Waals surface area contributed by atoms with Gasteiger partial charge >= 0.3 is 5.66 Å². The average molecular weight is 306 g/mol. The Labute approximate surface area is 135 Å². The molecule has 2 atom stereocenters. The fourth-order valence-corrected chi connectivity index (χ4v) is 3.99. The van der Waals surface area contributed by atoms with Gasteiger partial charge in [0.1, 0.15) is 0 Å². The lowest BCUT2D eigenvalue weighted by atomic mass is 9.82. The SMILES string of the molecule is O=[N+]([O-])C12CCC=CC1c1ccccc1N2Cc1ccccc1. The molecule has 1 heterocycles. The van der Waals surface area contributed by atoms with Gasteiger partial charge in [-0.25, -0.2) is 0 Å². The van der Waals surface area contributed by atoms with E-state index in [0.717, 1.165) is 23.2 Å². The third-order valence-corrected chi connectivity index (χ3v) is 5.04. The minimum Gasteiger partial charge on any atom is -0.302 e.